The molecule has 1 aliphatic rings. The highest BCUT2D eigenvalue weighted by molar-refractivity contribution is 9.11. The van der Waals surface area contributed by atoms with E-state index in [9.17, 15) is 9.90 Å². The van der Waals surface area contributed by atoms with Gasteiger partial charge in [-0.1, -0.05) is 53.5 Å². The van der Waals surface area contributed by atoms with Gasteiger partial charge in [0.1, 0.15) is 0 Å². The third-order valence-electron chi connectivity index (χ3n) is 6.23. The van der Waals surface area contributed by atoms with Gasteiger partial charge < -0.3 is 10.4 Å². The Morgan fingerprint density at radius 2 is 2.00 bits per heavy atom. The number of aromatic nitrogens is 2. The number of rotatable bonds is 6. The van der Waals surface area contributed by atoms with Crippen LogP contribution in [0.3, 0.4) is 0 Å². The van der Waals surface area contributed by atoms with Crippen molar-refractivity contribution < 1.29 is 9.90 Å². The lowest BCUT2D eigenvalue weighted by molar-refractivity contribution is -0.124. The first-order valence-electron chi connectivity index (χ1n) is 11.3. The van der Waals surface area contributed by atoms with Crippen molar-refractivity contribution in [2.75, 3.05) is 6.61 Å². The number of amides is 1. The number of nitrogens with one attached hydrogen (secondary N) is 1. The molecule has 180 valence electrons. The Kier molecular flexibility index (Phi) is 7.32. The number of aliphatic hydroxyl groups is 1. The van der Waals surface area contributed by atoms with E-state index in [2.05, 4.69) is 21.2 Å². The zero-order chi connectivity index (χ0) is 24.5. The largest absolute Gasteiger partial charge is 0.394 e. The predicted molar refractivity (Wildman–Crippen MR) is 145 cm³/mol. The summed E-state index contributed by atoms with van der Waals surface area (Å²) >= 11 is 17.9. The monoisotopic (exact) mass is 589 g/mol. The van der Waals surface area contributed by atoms with Gasteiger partial charge in [0.2, 0.25) is 5.91 Å². The second-order valence-corrected chi connectivity index (χ2v) is 11.7. The molecule has 2 aromatic heterocycles. The molecule has 0 aliphatic heterocycles. The Bertz CT molecular complexity index is 1370. The normalized spacial score (nSPS) is 16.1. The number of benzene rings is 2. The molecule has 9 heteroatoms. The van der Waals surface area contributed by atoms with E-state index in [1.165, 1.54) is 0 Å². The van der Waals surface area contributed by atoms with Crippen LogP contribution in [0.4, 0.5) is 0 Å². The van der Waals surface area contributed by atoms with Crippen LogP contribution in [0.1, 0.15) is 41.6 Å². The number of fused-ring (bicyclic) bond motifs is 1. The Morgan fingerprint density at radius 1 is 1.20 bits per heavy atom. The number of halogens is 3. The van der Waals surface area contributed by atoms with Crippen LogP contribution in [0.15, 0.2) is 64.5 Å². The summed E-state index contributed by atoms with van der Waals surface area (Å²) in [7, 11) is 0. The number of hydrogen-bond acceptors (Lipinski definition) is 4. The van der Waals surface area contributed by atoms with Crippen LogP contribution >= 0.6 is 50.5 Å². The minimum absolute atomic E-state index is 0.139. The number of thiophene rings is 1. The van der Waals surface area contributed by atoms with E-state index in [1.807, 2.05) is 53.2 Å². The Labute approximate surface area is 225 Å². The number of nitrogens with zero attached hydrogens (tertiary/aromatic N) is 2. The first-order valence-corrected chi connectivity index (χ1v) is 13.6. The van der Waals surface area contributed by atoms with E-state index in [0.717, 1.165) is 44.0 Å². The molecule has 2 atom stereocenters. The Hall–Kier alpha value is -2.16. The van der Waals surface area contributed by atoms with E-state index in [0.29, 0.717) is 22.2 Å². The van der Waals surface area contributed by atoms with Crippen molar-refractivity contribution in [3.05, 3.63) is 91.3 Å². The van der Waals surface area contributed by atoms with Gasteiger partial charge in [-0.05, 0) is 71.1 Å². The van der Waals surface area contributed by atoms with Crippen LogP contribution in [0.2, 0.25) is 10.0 Å². The SMILES string of the molecule is O=C(N[C@@H](CO)c1ccccc1)[C@@H]1CCCc2c1nn(-c1ccc(Cl)cc1Cl)c2-c1ccc(Br)s1. The lowest BCUT2D eigenvalue weighted by Gasteiger charge is -2.24. The predicted octanol–water partition coefficient (Wildman–Crippen LogP) is 6.94. The number of carbonyl (C=O) groups excluding carboxylic acids is 1. The van der Waals surface area contributed by atoms with Gasteiger partial charge >= 0.3 is 0 Å². The highest BCUT2D eigenvalue weighted by atomic mass is 79.9. The maximum absolute atomic E-state index is 13.5. The van der Waals surface area contributed by atoms with E-state index in [1.54, 1.807) is 23.5 Å². The van der Waals surface area contributed by atoms with E-state index >= 15 is 0 Å². The molecular formula is C26H22BrCl2N3O2S. The average Bonchev–Trinajstić information content (AvgIpc) is 3.45. The molecule has 1 amide bonds. The second kappa shape index (κ2) is 10.4. The summed E-state index contributed by atoms with van der Waals surface area (Å²) in [5, 5.41) is 19.0. The van der Waals surface area contributed by atoms with Crippen LogP contribution in [0.5, 0.6) is 0 Å². The van der Waals surface area contributed by atoms with Crippen LogP contribution < -0.4 is 5.32 Å². The maximum Gasteiger partial charge on any atom is 0.229 e. The molecule has 0 bridgehead atoms. The summed E-state index contributed by atoms with van der Waals surface area (Å²) in [6.07, 6.45) is 2.36. The molecule has 0 unspecified atom stereocenters. The highest BCUT2D eigenvalue weighted by Gasteiger charge is 2.34. The molecule has 0 radical (unpaired) electrons. The summed E-state index contributed by atoms with van der Waals surface area (Å²) in [5.74, 6) is -0.564. The van der Waals surface area contributed by atoms with Crippen LogP contribution in [-0.2, 0) is 11.2 Å². The zero-order valence-electron chi connectivity index (χ0n) is 18.5. The van der Waals surface area contributed by atoms with Crippen molar-refractivity contribution in [1.29, 1.82) is 0 Å². The van der Waals surface area contributed by atoms with E-state index in [4.69, 9.17) is 28.3 Å². The van der Waals surface area contributed by atoms with Crippen molar-refractivity contribution in [2.45, 2.75) is 31.2 Å². The molecule has 0 saturated heterocycles. The third-order valence-corrected chi connectivity index (χ3v) is 8.39. The fourth-order valence-corrected chi connectivity index (χ4v) is 6.52. The van der Waals surface area contributed by atoms with Crippen molar-refractivity contribution in [3.63, 3.8) is 0 Å². The summed E-state index contributed by atoms with van der Waals surface area (Å²) in [6.45, 7) is -0.182. The third kappa shape index (κ3) is 4.93. The first kappa shape index (κ1) is 24.5. The highest BCUT2D eigenvalue weighted by Crippen LogP contribution is 2.43. The lowest BCUT2D eigenvalue weighted by Crippen LogP contribution is -2.36. The van der Waals surface area contributed by atoms with Crippen LogP contribution in [-0.4, -0.2) is 27.4 Å². The zero-order valence-corrected chi connectivity index (χ0v) is 22.5. The van der Waals surface area contributed by atoms with Crippen molar-refractivity contribution >= 4 is 56.4 Å². The fourth-order valence-electron chi connectivity index (χ4n) is 4.58. The summed E-state index contributed by atoms with van der Waals surface area (Å²) < 4.78 is 2.85. The standard InChI is InChI=1S/C26H22BrCl2N3O2S/c27-23-12-11-22(35-23)25-17-7-4-8-18(26(34)30-20(14-33)15-5-2-1-3-6-15)24(17)31-32(25)21-10-9-16(28)13-19(21)29/h1-3,5-6,9-13,18,20,33H,4,7-8,14H2,(H,30,34)/t18-,20+/m1/s1. The molecule has 0 saturated carbocycles. The van der Waals surface area contributed by atoms with E-state index < -0.39 is 12.0 Å². The molecule has 0 fully saturated rings. The van der Waals surface area contributed by atoms with Gasteiger partial charge in [-0.25, -0.2) is 4.68 Å². The fraction of sp³-hybridized carbons (Fsp3) is 0.231. The maximum atomic E-state index is 13.5. The van der Waals surface area contributed by atoms with E-state index in [-0.39, 0.29) is 12.5 Å². The smallest absolute Gasteiger partial charge is 0.229 e. The second-order valence-electron chi connectivity index (χ2n) is 8.42. The van der Waals surface area contributed by atoms with Gasteiger partial charge in [0.05, 0.1) is 49.3 Å². The molecule has 1 aliphatic carbocycles. The van der Waals surface area contributed by atoms with Gasteiger partial charge in [0.15, 0.2) is 0 Å². The minimum Gasteiger partial charge on any atom is -0.394 e. The van der Waals surface area contributed by atoms with Gasteiger partial charge in [-0.15, -0.1) is 11.3 Å². The molecule has 2 aromatic carbocycles. The minimum atomic E-state index is -0.477. The van der Waals surface area contributed by atoms with Crippen molar-refractivity contribution in [1.82, 2.24) is 15.1 Å². The van der Waals surface area contributed by atoms with Crippen molar-refractivity contribution in [2.24, 2.45) is 0 Å². The lowest BCUT2D eigenvalue weighted by atomic mass is 9.85. The molecule has 4 aromatic rings. The number of hydrogen-bond donors (Lipinski definition) is 2. The summed E-state index contributed by atoms with van der Waals surface area (Å²) in [4.78, 5) is 14.5. The van der Waals surface area contributed by atoms with Gasteiger partial charge in [0.25, 0.3) is 0 Å². The molecule has 5 nitrogen and oxygen atoms in total. The topological polar surface area (TPSA) is 67.2 Å². The van der Waals surface area contributed by atoms with Crippen LogP contribution in [0, 0.1) is 0 Å². The van der Waals surface area contributed by atoms with Crippen molar-refractivity contribution in [3.8, 4) is 16.3 Å². The van der Waals surface area contributed by atoms with Gasteiger partial charge in [-0.2, -0.15) is 5.10 Å². The molecule has 0 spiro atoms. The Balaban J connectivity index is 1.57. The Morgan fingerprint density at radius 3 is 2.69 bits per heavy atom. The molecular weight excluding hydrogens is 569 g/mol. The average molecular weight is 591 g/mol. The first-order chi connectivity index (χ1) is 17.0. The summed E-state index contributed by atoms with van der Waals surface area (Å²) in [5.41, 5.74) is 4.32. The number of carbonyl (C=O) groups is 1. The molecule has 35 heavy (non-hydrogen) atoms. The molecule has 2 N–H and O–H groups in total. The number of aliphatic hydroxyl groups excluding tert-OH is 1. The van der Waals surface area contributed by atoms with Gasteiger partial charge in [0, 0.05) is 10.6 Å². The quantitative estimate of drug-likeness (QED) is 0.256. The van der Waals surface area contributed by atoms with Crippen LogP contribution in [0.25, 0.3) is 16.3 Å². The molecule has 5 rings (SSSR count). The summed E-state index contributed by atoms with van der Waals surface area (Å²) in [6, 6.07) is 18.4. The molecule has 2 heterocycles. The van der Waals surface area contributed by atoms with Gasteiger partial charge in [-0.3, -0.25) is 4.79 Å².